The second kappa shape index (κ2) is 8.81. The Labute approximate surface area is 139 Å². The minimum absolute atomic E-state index is 0.0447. The van der Waals surface area contributed by atoms with Crippen LogP contribution in [0.4, 0.5) is 13.6 Å². The Morgan fingerprint density at radius 1 is 1.25 bits per heavy atom. The smallest absolute Gasteiger partial charge is 0.317 e. The van der Waals surface area contributed by atoms with Crippen LogP contribution in [0.1, 0.15) is 5.56 Å². The number of nitrogens with zero attached hydrogens (tertiary/aromatic N) is 2. The van der Waals surface area contributed by atoms with Crippen molar-refractivity contribution in [2.75, 3.05) is 26.7 Å². The van der Waals surface area contributed by atoms with Crippen LogP contribution in [-0.4, -0.2) is 42.7 Å². The van der Waals surface area contributed by atoms with E-state index in [2.05, 4.69) is 10.3 Å². The SMILES string of the molecule is CN(CCc1ccncc1)C(=O)NCCOc1ccc(F)cc1F. The van der Waals surface area contributed by atoms with Gasteiger partial charge in [-0.1, -0.05) is 0 Å². The number of carbonyl (C=O) groups excluding carboxylic acids is 1. The summed E-state index contributed by atoms with van der Waals surface area (Å²) in [5, 5.41) is 2.67. The van der Waals surface area contributed by atoms with Crippen molar-refractivity contribution in [1.29, 1.82) is 0 Å². The van der Waals surface area contributed by atoms with Gasteiger partial charge in [0.1, 0.15) is 12.4 Å². The Hall–Kier alpha value is -2.70. The third-order valence-corrected chi connectivity index (χ3v) is 3.36. The number of hydrogen-bond acceptors (Lipinski definition) is 3. The second-order valence-electron chi connectivity index (χ2n) is 5.18. The minimum Gasteiger partial charge on any atom is -0.489 e. The highest BCUT2D eigenvalue weighted by atomic mass is 19.1. The molecule has 5 nitrogen and oxygen atoms in total. The monoisotopic (exact) mass is 335 g/mol. The molecule has 1 aromatic carbocycles. The Bertz CT molecular complexity index is 668. The lowest BCUT2D eigenvalue weighted by molar-refractivity contribution is 0.205. The maximum absolute atomic E-state index is 13.4. The summed E-state index contributed by atoms with van der Waals surface area (Å²) in [5.74, 6) is -1.48. The Morgan fingerprint density at radius 3 is 2.71 bits per heavy atom. The van der Waals surface area contributed by atoms with E-state index in [1.807, 2.05) is 12.1 Å². The van der Waals surface area contributed by atoms with E-state index in [1.165, 1.54) is 6.07 Å². The number of likely N-dealkylation sites (N-methyl/N-ethyl adjacent to an activating group) is 1. The number of carbonyl (C=O) groups is 1. The van der Waals surface area contributed by atoms with Crippen LogP contribution in [0.2, 0.25) is 0 Å². The highest BCUT2D eigenvalue weighted by Gasteiger charge is 2.08. The molecule has 1 heterocycles. The van der Waals surface area contributed by atoms with Crippen molar-refractivity contribution in [3.05, 3.63) is 59.9 Å². The van der Waals surface area contributed by atoms with Crippen LogP contribution in [0.3, 0.4) is 0 Å². The molecule has 0 aliphatic carbocycles. The topological polar surface area (TPSA) is 54.5 Å². The summed E-state index contributed by atoms with van der Waals surface area (Å²) < 4.78 is 31.3. The van der Waals surface area contributed by atoms with E-state index < -0.39 is 11.6 Å². The van der Waals surface area contributed by atoms with E-state index >= 15 is 0 Å². The maximum Gasteiger partial charge on any atom is 0.317 e. The molecule has 0 saturated heterocycles. The van der Waals surface area contributed by atoms with Crippen molar-refractivity contribution >= 4 is 6.03 Å². The number of urea groups is 1. The molecule has 0 aliphatic heterocycles. The van der Waals surface area contributed by atoms with Crippen molar-refractivity contribution in [2.24, 2.45) is 0 Å². The molecule has 7 heteroatoms. The molecule has 0 bridgehead atoms. The lowest BCUT2D eigenvalue weighted by atomic mass is 10.2. The van der Waals surface area contributed by atoms with Gasteiger partial charge in [0.05, 0.1) is 6.54 Å². The van der Waals surface area contributed by atoms with Crippen molar-refractivity contribution in [3.8, 4) is 5.75 Å². The number of benzene rings is 1. The van der Waals surface area contributed by atoms with E-state index in [4.69, 9.17) is 4.74 Å². The summed E-state index contributed by atoms with van der Waals surface area (Å²) in [6.45, 7) is 0.866. The van der Waals surface area contributed by atoms with Gasteiger partial charge >= 0.3 is 6.03 Å². The van der Waals surface area contributed by atoms with E-state index in [1.54, 1.807) is 24.3 Å². The third-order valence-electron chi connectivity index (χ3n) is 3.36. The van der Waals surface area contributed by atoms with Gasteiger partial charge in [-0.2, -0.15) is 0 Å². The first kappa shape index (κ1) is 17.7. The van der Waals surface area contributed by atoms with Crippen LogP contribution in [0, 0.1) is 11.6 Å². The van der Waals surface area contributed by atoms with Crippen molar-refractivity contribution < 1.29 is 18.3 Å². The molecule has 0 aliphatic rings. The van der Waals surface area contributed by atoms with E-state index in [-0.39, 0.29) is 24.9 Å². The first-order chi connectivity index (χ1) is 11.6. The third kappa shape index (κ3) is 5.49. The van der Waals surface area contributed by atoms with Gasteiger partial charge in [0, 0.05) is 32.1 Å². The van der Waals surface area contributed by atoms with Crippen LogP contribution >= 0.6 is 0 Å². The molecule has 2 aromatic rings. The molecule has 2 amide bonds. The van der Waals surface area contributed by atoms with Crippen LogP contribution in [0.15, 0.2) is 42.7 Å². The predicted molar refractivity (Wildman–Crippen MR) is 85.8 cm³/mol. The van der Waals surface area contributed by atoms with E-state index in [0.29, 0.717) is 6.54 Å². The number of pyridine rings is 1. The Balaban J connectivity index is 1.67. The molecule has 2 rings (SSSR count). The van der Waals surface area contributed by atoms with Crippen molar-refractivity contribution in [2.45, 2.75) is 6.42 Å². The first-order valence-corrected chi connectivity index (χ1v) is 7.52. The lowest BCUT2D eigenvalue weighted by Crippen LogP contribution is -2.40. The highest BCUT2D eigenvalue weighted by Crippen LogP contribution is 2.17. The predicted octanol–water partition coefficient (Wildman–Crippen LogP) is 2.62. The van der Waals surface area contributed by atoms with Gasteiger partial charge in [0.15, 0.2) is 11.6 Å². The number of ether oxygens (including phenoxy) is 1. The summed E-state index contributed by atoms with van der Waals surface area (Å²) in [4.78, 5) is 17.4. The average molecular weight is 335 g/mol. The number of aromatic nitrogens is 1. The quantitative estimate of drug-likeness (QED) is 0.792. The summed E-state index contributed by atoms with van der Waals surface area (Å²) in [6, 6.07) is 6.64. The zero-order chi connectivity index (χ0) is 17.4. The van der Waals surface area contributed by atoms with Crippen LogP contribution in [0.5, 0.6) is 5.75 Å². The molecular formula is C17H19F2N3O2. The second-order valence-corrected chi connectivity index (χ2v) is 5.18. The van der Waals surface area contributed by atoms with Crippen LogP contribution in [0.25, 0.3) is 0 Å². The fourth-order valence-corrected chi connectivity index (χ4v) is 1.99. The van der Waals surface area contributed by atoms with Gasteiger partial charge in [-0.05, 0) is 36.2 Å². The van der Waals surface area contributed by atoms with E-state index in [0.717, 1.165) is 24.1 Å². The largest absolute Gasteiger partial charge is 0.489 e. The van der Waals surface area contributed by atoms with Gasteiger partial charge in [0.2, 0.25) is 0 Å². The summed E-state index contributed by atoms with van der Waals surface area (Å²) in [7, 11) is 1.69. The Kier molecular flexibility index (Phi) is 6.48. The van der Waals surface area contributed by atoms with Gasteiger partial charge in [-0.25, -0.2) is 13.6 Å². The normalized spacial score (nSPS) is 10.3. The first-order valence-electron chi connectivity index (χ1n) is 7.52. The molecule has 1 N–H and O–H groups in total. The molecule has 128 valence electrons. The standard InChI is InChI=1S/C17H19F2N3O2/c1-22(10-6-13-4-7-20-8-5-13)17(23)21-9-11-24-16-3-2-14(18)12-15(16)19/h2-5,7-8,12H,6,9-11H2,1H3,(H,21,23). The van der Waals surface area contributed by atoms with E-state index in [9.17, 15) is 13.6 Å². The summed E-state index contributed by atoms with van der Waals surface area (Å²) in [6.07, 6.45) is 4.15. The highest BCUT2D eigenvalue weighted by molar-refractivity contribution is 5.73. The van der Waals surface area contributed by atoms with Crippen molar-refractivity contribution in [3.63, 3.8) is 0 Å². The van der Waals surface area contributed by atoms with Gasteiger partial charge in [-0.15, -0.1) is 0 Å². The van der Waals surface area contributed by atoms with Crippen molar-refractivity contribution in [1.82, 2.24) is 15.2 Å². The lowest BCUT2D eigenvalue weighted by Gasteiger charge is -2.18. The molecule has 0 spiro atoms. The molecular weight excluding hydrogens is 316 g/mol. The number of halogens is 2. The fraction of sp³-hybridized carbons (Fsp3) is 0.294. The summed E-state index contributed by atoms with van der Waals surface area (Å²) in [5.41, 5.74) is 1.10. The van der Waals surface area contributed by atoms with Crippen LogP contribution in [-0.2, 0) is 6.42 Å². The summed E-state index contributed by atoms with van der Waals surface area (Å²) >= 11 is 0. The molecule has 0 fully saturated rings. The average Bonchev–Trinajstić information content (AvgIpc) is 2.58. The van der Waals surface area contributed by atoms with Gasteiger partial charge < -0.3 is 15.0 Å². The zero-order valence-corrected chi connectivity index (χ0v) is 13.3. The fourth-order valence-electron chi connectivity index (χ4n) is 1.99. The zero-order valence-electron chi connectivity index (χ0n) is 13.3. The molecule has 0 unspecified atom stereocenters. The minimum atomic E-state index is -0.768. The number of hydrogen-bond donors (Lipinski definition) is 1. The number of rotatable bonds is 7. The van der Waals surface area contributed by atoms with Gasteiger partial charge in [-0.3, -0.25) is 4.98 Å². The Morgan fingerprint density at radius 2 is 2.00 bits per heavy atom. The molecule has 1 aromatic heterocycles. The maximum atomic E-state index is 13.4. The molecule has 0 radical (unpaired) electrons. The van der Waals surface area contributed by atoms with Crippen LogP contribution < -0.4 is 10.1 Å². The number of nitrogens with one attached hydrogen (secondary N) is 1. The van der Waals surface area contributed by atoms with Gasteiger partial charge in [0.25, 0.3) is 0 Å². The number of amides is 2. The molecule has 24 heavy (non-hydrogen) atoms. The molecule has 0 saturated carbocycles. The molecule has 0 atom stereocenters.